The van der Waals surface area contributed by atoms with E-state index in [0.717, 1.165) is 22.3 Å². The van der Waals surface area contributed by atoms with Gasteiger partial charge in [0.25, 0.3) is 0 Å². The third-order valence-corrected chi connectivity index (χ3v) is 3.16. The summed E-state index contributed by atoms with van der Waals surface area (Å²) >= 11 is 0. The first-order chi connectivity index (χ1) is 9.60. The number of rotatable bonds is 4. The molecule has 2 nitrogen and oxygen atoms in total. The number of benzene rings is 2. The Kier molecular flexibility index (Phi) is 4.36. The quantitative estimate of drug-likeness (QED) is 0.612. The summed E-state index contributed by atoms with van der Waals surface area (Å²) in [6, 6.07) is 14.5. The van der Waals surface area contributed by atoms with Crippen molar-refractivity contribution in [3.8, 4) is 11.1 Å². The zero-order chi connectivity index (χ0) is 14.5. The number of ether oxygens (including phenoxy) is 1. The summed E-state index contributed by atoms with van der Waals surface area (Å²) in [4.78, 5) is 11.2. The molecule has 0 aromatic heterocycles. The van der Waals surface area contributed by atoms with Gasteiger partial charge in [0.15, 0.2) is 0 Å². The van der Waals surface area contributed by atoms with Gasteiger partial charge in [0.05, 0.1) is 0 Å². The fraction of sp³-hybridized carbons (Fsp3) is 0.167. The molecular formula is C18H18O2. The maximum absolute atomic E-state index is 11.2. The Morgan fingerprint density at radius 3 is 2.40 bits per heavy atom. The third kappa shape index (κ3) is 3.35. The highest BCUT2D eigenvalue weighted by Crippen LogP contribution is 2.26. The molecule has 2 heteroatoms. The minimum atomic E-state index is -0.402. The third-order valence-electron chi connectivity index (χ3n) is 3.16. The van der Waals surface area contributed by atoms with E-state index >= 15 is 0 Å². The molecule has 0 aliphatic carbocycles. The normalized spacial score (nSPS) is 10.1. The average molecular weight is 266 g/mol. The van der Waals surface area contributed by atoms with Crippen LogP contribution in [0.2, 0.25) is 0 Å². The Labute approximate surface area is 119 Å². The van der Waals surface area contributed by atoms with Gasteiger partial charge in [-0.25, -0.2) is 4.79 Å². The van der Waals surface area contributed by atoms with Crippen molar-refractivity contribution in [2.45, 2.75) is 20.5 Å². The van der Waals surface area contributed by atoms with Crippen molar-refractivity contribution in [3.63, 3.8) is 0 Å². The first-order valence-corrected chi connectivity index (χ1v) is 6.56. The van der Waals surface area contributed by atoms with Gasteiger partial charge in [-0.1, -0.05) is 60.2 Å². The van der Waals surface area contributed by atoms with E-state index in [-0.39, 0.29) is 6.61 Å². The van der Waals surface area contributed by atoms with Crippen LogP contribution in [0.25, 0.3) is 11.1 Å². The Balaban J connectivity index is 2.34. The maximum Gasteiger partial charge on any atom is 0.330 e. The number of hydrogen-bond acceptors (Lipinski definition) is 2. The van der Waals surface area contributed by atoms with Gasteiger partial charge < -0.3 is 4.74 Å². The number of aryl methyl sites for hydroxylation is 2. The van der Waals surface area contributed by atoms with E-state index in [1.54, 1.807) is 0 Å². The van der Waals surface area contributed by atoms with E-state index in [9.17, 15) is 4.79 Å². The van der Waals surface area contributed by atoms with Gasteiger partial charge in [0.2, 0.25) is 0 Å². The average Bonchev–Trinajstić information content (AvgIpc) is 2.46. The summed E-state index contributed by atoms with van der Waals surface area (Å²) in [6.07, 6.45) is 1.18. The first kappa shape index (κ1) is 14.1. The van der Waals surface area contributed by atoms with Crippen LogP contribution < -0.4 is 0 Å². The molecule has 0 saturated carbocycles. The predicted octanol–water partition coefficient (Wildman–Crippen LogP) is 4.20. The molecule has 2 rings (SSSR count). The lowest BCUT2D eigenvalue weighted by Gasteiger charge is -2.11. The summed E-state index contributed by atoms with van der Waals surface area (Å²) < 4.78 is 5.16. The number of carbonyl (C=O) groups excluding carboxylic acids is 1. The topological polar surface area (TPSA) is 26.3 Å². The Morgan fingerprint density at radius 1 is 1.10 bits per heavy atom. The van der Waals surface area contributed by atoms with Crippen LogP contribution in [0.3, 0.4) is 0 Å². The number of hydrogen-bond donors (Lipinski definition) is 0. The summed E-state index contributed by atoms with van der Waals surface area (Å²) in [5.74, 6) is -0.402. The molecule has 0 N–H and O–H groups in total. The van der Waals surface area contributed by atoms with Crippen molar-refractivity contribution in [1.29, 1.82) is 0 Å². The van der Waals surface area contributed by atoms with E-state index < -0.39 is 5.97 Å². The zero-order valence-corrected chi connectivity index (χ0v) is 11.8. The second kappa shape index (κ2) is 6.20. The lowest BCUT2D eigenvalue weighted by molar-refractivity contribution is -0.138. The van der Waals surface area contributed by atoms with E-state index in [0.29, 0.717) is 0 Å². The van der Waals surface area contributed by atoms with Crippen LogP contribution in [0.15, 0.2) is 55.1 Å². The SMILES string of the molecule is C=CC(=O)OCc1cc(C)ccc1-c1ccc(C)cc1. The second-order valence-corrected chi connectivity index (χ2v) is 4.84. The Hall–Kier alpha value is -2.35. The molecule has 2 aromatic carbocycles. The fourth-order valence-electron chi connectivity index (χ4n) is 2.06. The van der Waals surface area contributed by atoms with E-state index in [2.05, 4.69) is 49.9 Å². The molecular weight excluding hydrogens is 248 g/mol. The van der Waals surface area contributed by atoms with Crippen LogP contribution in [0.1, 0.15) is 16.7 Å². The largest absolute Gasteiger partial charge is 0.458 e. The van der Waals surface area contributed by atoms with Crippen LogP contribution in [0, 0.1) is 13.8 Å². The molecule has 0 amide bonds. The van der Waals surface area contributed by atoms with Gasteiger partial charge in [0.1, 0.15) is 6.61 Å². The minimum absolute atomic E-state index is 0.260. The molecule has 0 aliphatic heterocycles. The predicted molar refractivity (Wildman–Crippen MR) is 81.3 cm³/mol. The molecule has 0 fully saturated rings. The van der Waals surface area contributed by atoms with Crippen LogP contribution in [-0.4, -0.2) is 5.97 Å². The molecule has 0 radical (unpaired) electrons. The molecule has 0 heterocycles. The molecule has 0 spiro atoms. The Morgan fingerprint density at radius 2 is 1.75 bits per heavy atom. The van der Waals surface area contributed by atoms with Crippen molar-refractivity contribution in [2.75, 3.05) is 0 Å². The lowest BCUT2D eigenvalue weighted by Crippen LogP contribution is -2.02. The van der Waals surface area contributed by atoms with E-state index in [1.165, 1.54) is 11.6 Å². The van der Waals surface area contributed by atoms with Crippen molar-refractivity contribution >= 4 is 5.97 Å². The summed E-state index contributed by atoms with van der Waals surface area (Å²) in [5, 5.41) is 0. The monoisotopic (exact) mass is 266 g/mol. The highest BCUT2D eigenvalue weighted by molar-refractivity contribution is 5.81. The summed E-state index contributed by atoms with van der Waals surface area (Å²) in [5.41, 5.74) is 5.59. The standard InChI is InChI=1S/C18H18O2/c1-4-18(19)20-12-16-11-14(3)7-10-17(16)15-8-5-13(2)6-9-15/h4-11H,1,12H2,2-3H3. The van der Waals surface area contributed by atoms with Crippen LogP contribution in [0.4, 0.5) is 0 Å². The maximum atomic E-state index is 11.2. The highest BCUT2D eigenvalue weighted by Gasteiger charge is 2.07. The summed E-state index contributed by atoms with van der Waals surface area (Å²) in [6.45, 7) is 7.75. The Bertz CT molecular complexity index is 624. The number of carbonyl (C=O) groups is 1. The molecule has 0 saturated heterocycles. The molecule has 0 atom stereocenters. The number of esters is 1. The van der Waals surface area contributed by atoms with Crippen molar-refractivity contribution in [3.05, 3.63) is 71.8 Å². The molecule has 2 aromatic rings. The first-order valence-electron chi connectivity index (χ1n) is 6.56. The smallest absolute Gasteiger partial charge is 0.330 e. The van der Waals surface area contributed by atoms with Gasteiger partial charge in [-0.3, -0.25) is 0 Å². The lowest BCUT2D eigenvalue weighted by atomic mass is 9.97. The molecule has 0 aliphatic rings. The van der Waals surface area contributed by atoms with Gasteiger partial charge in [-0.15, -0.1) is 0 Å². The molecule has 0 bridgehead atoms. The van der Waals surface area contributed by atoms with Gasteiger partial charge >= 0.3 is 5.97 Å². The van der Waals surface area contributed by atoms with Crippen LogP contribution >= 0.6 is 0 Å². The second-order valence-electron chi connectivity index (χ2n) is 4.84. The zero-order valence-electron chi connectivity index (χ0n) is 11.8. The van der Waals surface area contributed by atoms with Crippen molar-refractivity contribution in [1.82, 2.24) is 0 Å². The van der Waals surface area contributed by atoms with E-state index in [1.807, 2.05) is 13.0 Å². The molecule has 102 valence electrons. The van der Waals surface area contributed by atoms with Crippen LogP contribution in [-0.2, 0) is 16.1 Å². The van der Waals surface area contributed by atoms with Crippen LogP contribution in [0.5, 0.6) is 0 Å². The highest BCUT2D eigenvalue weighted by atomic mass is 16.5. The molecule has 20 heavy (non-hydrogen) atoms. The van der Waals surface area contributed by atoms with Gasteiger partial charge in [0, 0.05) is 6.08 Å². The summed E-state index contributed by atoms with van der Waals surface area (Å²) in [7, 11) is 0. The van der Waals surface area contributed by atoms with Gasteiger partial charge in [-0.2, -0.15) is 0 Å². The van der Waals surface area contributed by atoms with Crippen molar-refractivity contribution in [2.24, 2.45) is 0 Å². The van der Waals surface area contributed by atoms with E-state index in [4.69, 9.17) is 4.74 Å². The minimum Gasteiger partial charge on any atom is -0.458 e. The fourth-order valence-corrected chi connectivity index (χ4v) is 2.06. The molecule has 0 unspecified atom stereocenters. The van der Waals surface area contributed by atoms with Crippen molar-refractivity contribution < 1.29 is 9.53 Å². The van der Waals surface area contributed by atoms with Gasteiger partial charge in [-0.05, 0) is 30.5 Å².